The highest BCUT2D eigenvalue weighted by atomic mass is 15.2. The van der Waals surface area contributed by atoms with Crippen molar-refractivity contribution in [1.82, 2.24) is 9.97 Å². The zero-order chi connectivity index (χ0) is 12.1. The summed E-state index contributed by atoms with van der Waals surface area (Å²) in [6.07, 6.45) is 0.931. The topological polar surface area (TPSA) is 67.1 Å². The minimum absolute atomic E-state index is 0.328. The summed E-state index contributed by atoms with van der Waals surface area (Å²) in [6.45, 7) is 4.67. The molecule has 16 heavy (non-hydrogen) atoms. The van der Waals surface area contributed by atoms with Gasteiger partial charge in [-0.1, -0.05) is 0 Å². The molecular formula is C11H21N5. The van der Waals surface area contributed by atoms with Crippen molar-refractivity contribution in [1.29, 1.82) is 0 Å². The SMILES string of the molecule is Cc1nc(NC(C)CCN)cc(N(C)C)n1. The standard InChI is InChI=1S/C11H21N5/c1-8(5-6-12)13-10-7-11(16(3)4)15-9(2)14-10/h7-8H,5-6,12H2,1-4H3,(H,13,14,15). The Hall–Kier alpha value is -1.36. The Balaban J connectivity index is 2.80. The molecule has 90 valence electrons. The number of aryl methyl sites for hydroxylation is 1. The number of hydrogen-bond acceptors (Lipinski definition) is 5. The van der Waals surface area contributed by atoms with Crippen molar-refractivity contribution in [3.05, 3.63) is 11.9 Å². The maximum absolute atomic E-state index is 5.51. The molecule has 0 amide bonds. The molecule has 1 rings (SSSR count). The molecule has 0 radical (unpaired) electrons. The molecule has 1 unspecified atom stereocenters. The Morgan fingerprint density at radius 1 is 1.44 bits per heavy atom. The van der Waals surface area contributed by atoms with Crippen LogP contribution < -0.4 is 16.0 Å². The van der Waals surface area contributed by atoms with E-state index in [1.165, 1.54) is 0 Å². The first kappa shape index (κ1) is 12.7. The number of nitrogens with one attached hydrogen (secondary N) is 1. The van der Waals surface area contributed by atoms with E-state index in [0.717, 1.165) is 23.9 Å². The van der Waals surface area contributed by atoms with Crippen LogP contribution in [-0.4, -0.2) is 36.6 Å². The summed E-state index contributed by atoms with van der Waals surface area (Å²) < 4.78 is 0. The Kier molecular flexibility index (Phi) is 4.49. The molecule has 0 saturated carbocycles. The van der Waals surface area contributed by atoms with Crippen molar-refractivity contribution < 1.29 is 0 Å². The van der Waals surface area contributed by atoms with Crippen LogP contribution in [0.1, 0.15) is 19.2 Å². The smallest absolute Gasteiger partial charge is 0.133 e. The van der Waals surface area contributed by atoms with Gasteiger partial charge < -0.3 is 16.0 Å². The van der Waals surface area contributed by atoms with Gasteiger partial charge in [0, 0.05) is 26.2 Å². The molecule has 0 spiro atoms. The van der Waals surface area contributed by atoms with E-state index in [2.05, 4.69) is 22.2 Å². The van der Waals surface area contributed by atoms with Crippen molar-refractivity contribution in [2.45, 2.75) is 26.3 Å². The number of rotatable bonds is 5. The highest BCUT2D eigenvalue weighted by Gasteiger charge is 2.06. The Morgan fingerprint density at radius 3 is 2.69 bits per heavy atom. The van der Waals surface area contributed by atoms with Crippen LogP contribution in [0, 0.1) is 6.92 Å². The molecule has 0 aliphatic heterocycles. The van der Waals surface area contributed by atoms with Crippen LogP contribution in [0.5, 0.6) is 0 Å². The van der Waals surface area contributed by atoms with Gasteiger partial charge in [-0.15, -0.1) is 0 Å². The van der Waals surface area contributed by atoms with Crippen LogP contribution in [0.15, 0.2) is 6.07 Å². The van der Waals surface area contributed by atoms with E-state index in [1.807, 2.05) is 32.0 Å². The van der Waals surface area contributed by atoms with Gasteiger partial charge in [0.05, 0.1) is 0 Å². The maximum atomic E-state index is 5.51. The maximum Gasteiger partial charge on any atom is 0.133 e. The van der Waals surface area contributed by atoms with Crippen LogP contribution in [0.2, 0.25) is 0 Å². The lowest BCUT2D eigenvalue weighted by Crippen LogP contribution is -2.21. The number of nitrogens with two attached hydrogens (primary N) is 1. The van der Waals surface area contributed by atoms with Crippen LogP contribution >= 0.6 is 0 Å². The number of nitrogens with zero attached hydrogens (tertiary/aromatic N) is 3. The molecule has 1 heterocycles. The molecule has 3 N–H and O–H groups in total. The molecule has 1 atom stereocenters. The monoisotopic (exact) mass is 223 g/mol. The molecule has 1 aromatic heterocycles. The summed E-state index contributed by atoms with van der Waals surface area (Å²) in [5.74, 6) is 2.54. The first-order chi connectivity index (χ1) is 7.52. The highest BCUT2D eigenvalue weighted by Crippen LogP contribution is 2.14. The van der Waals surface area contributed by atoms with Gasteiger partial charge in [-0.25, -0.2) is 9.97 Å². The van der Waals surface area contributed by atoms with E-state index < -0.39 is 0 Å². The minimum atomic E-state index is 0.328. The molecular weight excluding hydrogens is 202 g/mol. The predicted molar refractivity (Wildman–Crippen MR) is 67.9 cm³/mol. The first-order valence-corrected chi connectivity index (χ1v) is 5.52. The van der Waals surface area contributed by atoms with Crippen LogP contribution in [0.3, 0.4) is 0 Å². The number of anilines is 2. The van der Waals surface area contributed by atoms with Gasteiger partial charge in [0.1, 0.15) is 17.5 Å². The van der Waals surface area contributed by atoms with Crippen molar-refractivity contribution in [3.8, 4) is 0 Å². The zero-order valence-corrected chi connectivity index (χ0v) is 10.5. The normalized spacial score (nSPS) is 12.3. The van der Waals surface area contributed by atoms with Crippen LogP contribution in [-0.2, 0) is 0 Å². The van der Waals surface area contributed by atoms with E-state index in [9.17, 15) is 0 Å². The van der Waals surface area contributed by atoms with Crippen LogP contribution in [0.4, 0.5) is 11.6 Å². The predicted octanol–water partition coefficient (Wildman–Crippen LogP) is 1.00. The molecule has 0 aromatic carbocycles. The van der Waals surface area contributed by atoms with Crippen molar-refractivity contribution in [2.75, 3.05) is 30.9 Å². The minimum Gasteiger partial charge on any atom is -0.367 e. The second-order valence-electron chi connectivity index (χ2n) is 4.18. The zero-order valence-electron chi connectivity index (χ0n) is 10.5. The van der Waals surface area contributed by atoms with E-state index >= 15 is 0 Å². The average Bonchev–Trinajstić information content (AvgIpc) is 2.16. The molecule has 0 saturated heterocycles. The molecule has 0 bridgehead atoms. The van der Waals surface area contributed by atoms with Gasteiger partial charge >= 0.3 is 0 Å². The number of aromatic nitrogens is 2. The van der Waals surface area contributed by atoms with E-state index in [1.54, 1.807) is 0 Å². The second-order valence-corrected chi connectivity index (χ2v) is 4.18. The average molecular weight is 223 g/mol. The fourth-order valence-electron chi connectivity index (χ4n) is 1.43. The molecule has 0 aliphatic rings. The van der Waals surface area contributed by atoms with E-state index in [4.69, 9.17) is 5.73 Å². The molecule has 0 fully saturated rings. The summed E-state index contributed by atoms with van der Waals surface area (Å²) >= 11 is 0. The first-order valence-electron chi connectivity index (χ1n) is 5.52. The van der Waals surface area contributed by atoms with Gasteiger partial charge in [-0.2, -0.15) is 0 Å². The Labute approximate surface area is 97.1 Å². The van der Waals surface area contributed by atoms with Crippen molar-refractivity contribution in [3.63, 3.8) is 0 Å². The summed E-state index contributed by atoms with van der Waals surface area (Å²) in [4.78, 5) is 10.7. The second kappa shape index (κ2) is 5.65. The molecule has 5 nitrogen and oxygen atoms in total. The lowest BCUT2D eigenvalue weighted by molar-refractivity contribution is 0.712. The Bertz CT molecular complexity index is 337. The van der Waals surface area contributed by atoms with Gasteiger partial charge in [-0.3, -0.25) is 0 Å². The van der Waals surface area contributed by atoms with Gasteiger partial charge in [0.15, 0.2) is 0 Å². The fraction of sp³-hybridized carbons (Fsp3) is 0.636. The van der Waals surface area contributed by atoms with Gasteiger partial charge in [-0.05, 0) is 26.8 Å². The third-order valence-electron chi connectivity index (χ3n) is 2.28. The summed E-state index contributed by atoms with van der Waals surface area (Å²) in [5, 5.41) is 3.32. The highest BCUT2D eigenvalue weighted by molar-refractivity contribution is 5.48. The summed E-state index contributed by atoms with van der Waals surface area (Å²) in [5.41, 5.74) is 5.51. The van der Waals surface area contributed by atoms with Gasteiger partial charge in [0.2, 0.25) is 0 Å². The summed E-state index contributed by atoms with van der Waals surface area (Å²) in [6, 6.07) is 2.27. The van der Waals surface area contributed by atoms with Crippen LogP contribution in [0.25, 0.3) is 0 Å². The van der Waals surface area contributed by atoms with Crippen molar-refractivity contribution >= 4 is 11.6 Å². The van der Waals surface area contributed by atoms with Crippen molar-refractivity contribution in [2.24, 2.45) is 5.73 Å². The molecule has 5 heteroatoms. The quantitative estimate of drug-likeness (QED) is 0.779. The Morgan fingerprint density at radius 2 is 2.12 bits per heavy atom. The van der Waals surface area contributed by atoms with E-state index in [0.29, 0.717) is 12.6 Å². The van der Waals surface area contributed by atoms with E-state index in [-0.39, 0.29) is 0 Å². The summed E-state index contributed by atoms with van der Waals surface area (Å²) in [7, 11) is 3.93. The third kappa shape index (κ3) is 3.66. The fourth-order valence-corrected chi connectivity index (χ4v) is 1.43. The third-order valence-corrected chi connectivity index (χ3v) is 2.28. The number of hydrogen-bond donors (Lipinski definition) is 2. The lowest BCUT2D eigenvalue weighted by atomic mass is 10.2. The molecule has 0 aliphatic carbocycles. The molecule has 1 aromatic rings. The largest absolute Gasteiger partial charge is 0.367 e. The van der Waals surface area contributed by atoms with Gasteiger partial charge in [0.25, 0.3) is 0 Å². The lowest BCUT2D eigenvalue weighted by Gasteiger charge is -2.17.